The first-order chi connectivity index (χ1) is 20.5. The fourth-order valence-electron chi connectivity index (χ4n) is 5.54. The van der Waals surface area contributed by atoms with Crippen LogP contribution in [0.2, 0.25) is 0 Å². The first-order valence-electron chi connectivity index (χ1n) is 14.2. The molecule has 2 aliphatic rings. The number of carboxylic acid groups (broad SMARTS) is 2. The van der Waals surface area contributed by atoms with E-state index in [1.807, 2.05) is 45.9 Å². The number of aromatic nitrogens is 2. The van der Waals surface area contributed by atoms with Crippen molar-refractivity contribution < 1.29 is 19.8 Å². The van der Waals surface area contributed by atoms with Gasteiger partial charge in [-0.1, -0.05) is 31.4 Å². The molecule has 4 rings (SSSR count). The van der Waals surface area contributed by atoms with Gasteiger partial charge in [0, 0.05) is 46.7 Å². The highest BCUT2D eigenvalue weighted by Crippen LogP contribution is 2.28. The molecular formula is C35H38N4O4. The largest absolute Gasteiger partial charge is 0.481 e. The van der Waals surface area contributed by atoms with Gasteiger partial charge in [-0.25, -0.2) is 0 Å². The summed E-state index contributed by atoms with van der Waals surface area (Å²) in [5.74, 6) is -1.77. The monoisotopic (exact) mass is 578 g/mol. The van der Waals surface area contributed by atoms with E-state index in [2.05, 4.69) is 34.7 Å². The third kappa shape index (κ3) is 6.43. The molecule has 0 saturated heterocycles. The van der Waals surface area contributed by atoms with E-state index in [1.54, 1.807) is 24.4 Å². The van der Waals surface area contributed by atoms with Crippen molar-refractivity contribution in [2.45, 2.75) is 59.4 Å². The predicted molar refractivity (Wildman–Crippen MR) is 174 cm³/mol. The smallest absolute Gasteiger partial charge is 0.303 e. The first-order valence-corrected chi connectivity index (χ1v) is 14.2. The second-order valence-electron chi connectivity index (χ2n) is 10.8. The molecule has 2 aromatic heterocycles. The third-order valence-electron chi connectivity index (χ3n) is 8.16. The van der Waals surface area contributed by atoms with Crippen LogP contribution in [0, 0.1) is 13.8 Å². The van der Waals surface area contributed by atoms with Crippen molar-refractivity contribution in [2.75, 3.05) is 0 Å². The summed E-state index contributed by atoms with van der Waals surface area (Å²) in [5, 5.41) is 20.5. The highest BCUT2D eigenvalue weighted by molar-refractivity contribution is 6.23. The van der Waals surface area contributed by atoms with E-state index in [9.17, 15) is 19.8 Å². The van der Waals surface area contributed by atoms with Gasteiger partial charge in [0.2, 0.25) is 0 Å². The minimum Gasteiger partial charge on any atom is -0.481 e. The average Bonchev–Trinajstić information content (AvgIpc) is 3.65. The maximum atomic E-state index is 11.5. The number of carboxylic acids is 2. The van der Waals surface area contributed by atoms with Crippen LogP contribution in [0.4, 0.5) is 0 Å². The predicted octanol–water partition coefficient (Wildman–Crippen LogP) is 5.04. The Bertz CT molecular complexity index is 1820. The minimum atomic E-state index is -0.884. The molecule has 0 saturated carbocycles. The number of nitrogens with one attached hydrogen (secondary N) is 2. The molecule has 2 aromatic rings. The number of hydrogen-bond acceptors (Lipinski definition) is 4. The van der Waals surface area contributed by atoms with Crippen LogP contribution in [0.25, 0.3) is 18.2 Å². The second kappa shape index (κ2) is 12.9. The van der Waals surface area contributed by atoms with Crippen LogP contribution in [-0.4, -0.2) is 50.1 Å². The van der Waals surface area contributed by atoms with Gasteiger partial charge in [-0.3, -0.25) is 19.6 Å². The quantitative estimate of drug-likeness (QED) is 0.263. The van der Waals surface area contributed by atoms with E-state index in [-0.39, 0.29) is 18.9 Å². The Labute approximate surface area is 251 Å². The van der Waals surface area contributed by atoms with E-state index in [0.29, 0.717) is 12.8 Å². The summed E-state index contributed by atoms with van der Waals surface area (Å²) in [6, 6.07) is -0.122. The molecule has 43 heavy (non-hydrogen) atoms. The van der Waals surface area contributed by atoms with E-state index >= 15 is 0 Å². The number of rotatable bonds is 12. The maximum absolute atomic E-state index is 11.5. The summed E-state index contributed by atoms with van der Waals surface area (Å²) in [4.78, 5) is 39.4. The Morgan fingerprint density at radius 1 is 0.860 bits per heavy atom. The molecule has 1 unspecified atom stereocenters. The van der Waals surface area contributed by atoms with Gasteiger partial charge in [0.05, 0.1) is 17.5 Å². The number of H-pyrrole nitrogens is 2. The van der Waals surface area contributed by atoms with Crippen molar-refractivity contribution in [1.82, 2.24) is 9.97 Å². The molecular weight excluding hydrogens is 540 g/mol. The van der Waals surface area contributed by atoms with Gasteiger partial charge >= 0.3 is 11.9 Å². The van der Waals surface area contributed by atoms with Crippen LogP contribution in [0.3, 0.4) is 0 Å². The third-order valence-corrected chi connectivity index (χ3v) is 8.16. The van der Waals surface area contributed by atoms with Gasteiger partial charge in [-0.2, -0.15) is 0 Å². The summed E-state index contributed by atoms with van der Waals surface area (Å²) < 4.78 is 0. The molecule has 0 amide bonds. The van der Waals surface area contributed by atoms with Crippen molar-refractivity contribution >= 4 is 42.1 Å². The SMILES string of the molecule is C=CC1=C(C)C(=Cc2[nH]c(/C=c3\[nH]/c(=C\C4=NC(C=C)C(C)=C4C=C)c(C)c3CCC(=O)O)c(CCC(=O)O)c2C)N=C1. The number of carbonyl (C=O) groups is 2. The van der Waals surface area contributed by atoms with Gasteiger partial charge in [-0.15, -0.1) is 6.58 Å². The number of aromatic amines is 2. The van der Waals surface area contributed by atoms with E-state index in [1.165, 1.54) is 0 Å². The fraction of sp³-hybridized carbons (Fsp3) is 0.257. The van der Waals surface area contributed by atoms with Crippen molar-refractivity contribution in [3.8, 4) is 0 Å². The summed E-state index contributed by atoms with van der Waals surface area (Å²) in [5.41, 5.74) is 10.8. The Morgan fingerprint density at radius 3 is 2.12 bits per heavy atom. The summed E-state index contributed by atoms with van der Waals surface area (Å²) in [6.07, 6.45) is 13.6. The lowest BCUT2D eigenvalue weighted by molar-refractivity contribution is -0.138. The van der Waals surface area contributed by atoms with Crippen LogP contribution in [0.1, 0.15) is 60.3 Å². The highest BCUT2D eigenvalue weighted by Gasteiger charge is 2.21. The highest BCUT2D eigenvalue weighted by atomic mass is 16.4. The molecule has 222 valence electrons. The van der Waals surface area contributed by atoms with Crippen molar-refractivity contribution in [3.63, 3.8) is 0 Å². The molecule has 8 heteroatoms. The van der Waals surface area contributed by atoms with Crippen LogP contribution >= 0.6 is 0 Å². The van der Waals surface area contributed by atoms with Crippen LogP contribution in [0.5, 0.6) is 0 Å². The van der Waals surface area contributed by atoms with E-state index in [0.717, 1.165) is 78.0 Å². The lowest BCUT2D eigenvalue weighted by Gasteiger charge is -2.02. The van der Waals surface area contributed by atoms with Crippen LogP contribution < -0.4 is 10.7 Å². The Balaban J connectivity index is 1.92. The number of aliphatic carboxylic acids is 2. The van der Waals surface area contributed by atoms with Gasteiger partial charge < -0.3 is 20.2 Å². The van der Waals surface area contributed by atoms with Crippen molar-refractivity contribution in [3.05, 3.63) is 110 Å². The lowest BCUT2D eigenvalue weighted by Crippen LogP contribution is -2.15. The molecule has 8 nitrogen and oxygen atoms in total. The Kier molecular flexibility index (Phi) is 9.29. The lowest BCUT2D eigenvalue weighted by atomic mass is 10.0. The zero-order chi connectivity index (χ0) is 31.4. The molecule has 0 radical (unpaired) electrons. The summed E-state index contributed by atoms with van der Waals surface area (Å²) in [7, 11) is 0. The Morgan fingerprint density at radius 2 is 1.53 bits per heavy atom. The molecule has 0 bridgehead atoms. The molecule has 0 aliphatic carbocycles. The topological polar surface area (TPSA) is 131 Å². The van der Waals surface area contributed by atoms with Crippen molar-refractivity contribution in [1.29, 1.82) is 0 Å². The van der Waals surface area contributed by atoms with E-state index in [4.69, 9.17) is 4.99 Å². The summed E-state index contributed by atoms with van der Waals surface area (Å²) in [6.45, 7) is 19.6. The van der Waals surface area contributed by atoms with Gasteiger partial charge in [0.25, 0.3) is 0 Å². The molecule has 4 heterocycles. The number of allylic oxidation sites excluding steroid dienone is 5. The molecule has 1 atom stereocenters. The molecule has 4 N–H and O–H groups in total. The standard InChI is InChI=1S/C35H38N4O4/c1-8-23-18-36-28(19(23)4)15-29-21(6)25(11-13-34(40)41)32(38-29)17-33-26(12-14-35(42)43)22(7)30(39-33)16-31-24(9-2)20(5)27(10-3)37-31/h8-10,15-18,27,38-39H,1-3,11-14H2,4-7H3,(H,40,41)(H,42,43)/b28-15?,30-16-,33-17-. The van der Waals surface area contributed by atoms with Crippen molar-refractivity contribution in [2.24, 2.45) is 9.98 Å². The fourth-order valence-corrected chi connectivity index (χ4v) is 5.54. The number of hydrogen-bond donors (Lipinski definition) is 4. The molecule has 2 aliphatic heterocycles. The second-order valence-corrected chi connectivity index (χ2v) is 10.8. The average molecular weight is 579 g/mol. The maximum Gasteiger partial charge on any atom is 0.303 e. The zero-order valence-electron chi connectivity index (χ0n) is 25.2. The molecule has 0 aromatic carbocycles. The normalized spacial score (nSPS) is 18.3. The van der Waals surface area contributed by atoms with Gasteiger partial charge in [-0.05, 0) is 97.7 Å². The molecule has 0 spiro atoms. The summed E-state index contributed by atoms with van der Waals surface area (Å²) >= 11 is 0. The minimum absolute atomic E-state index is 0.0256. The Hall–Kier alpha value is -4.98. The van der Waals surface area contributed by atoms with Gasteiger partial charge in [0.15, 0.2) is 0 Å². The van der Waals surface area contributed by atoms with E-state index < -0.39 is 11.9 Å². The first kappa shape index (κ1) is 31.0. The number of aliphatic imine (C=N–C) groups is 2. The molecule has 0 fully saturated rings. The van der Waals surface area contributed by atoms with Crippen LogP contribution in [-0.2, 0) is 22.4 Å². The zero-order valence-corrected chi connectivity index (χ0v) is 25.2. The van der Waals surface area contributed by atoms with Gasteiger partial charge in [0.1, 0.15) is 0 Å². The van der Waals surface area contributed by atoms with Crippen LogP contribution in [0.15, 0.2) is 75.9 Å². The number of nitrogens with zero attached hydrogens (tertiary/aromatic N) is 2.